The molecule has 1 aromatic heterocycles. The smallest absolute Gasteiger partial charge is 0.243 e. The highest BCUT2D eigenvalue weighted by molar-refractivity contribution is 7.98. The zero-order chi connectivity index (χ0) is 11.3. The van der Waals surface area contributed by atoms with E-state index in [2.05, 4.69) is 30.9 Å². The van der Waals surface area contributed by atoms with Gasteiger partial charge in [0.1, 0.15) is 0 Å². The Hall–Kier alpha value is -0.550. The van der Waals surface area contributed by atoms with E-state index < -0.39 is 0 Å². The van der Waals surface area contributed by atoms with E-state index in [1.165, 1.54) is 0 Å². The Bertz CT molecular complexity index is 288. The summed E-state index contributed by atoms with van der Waals surface area (Å²) in [5, 5.41) is 3.90. The van der Waals surface area contributed by atoms with Crippen LogP contribution in [0.1, 0.15) is 44.9 Å². The molecule has 5 heteroatoms. The van der Waals surface area contributed by atoms with Crippen LogP contribution in [0.25, 0.3) is 0 Å². The van der Waals surface area contributed by atoms with Crippen LogP contribution in [-0.4, -0.2) is 15.9 Å². The highest BCUT2D eigenvalue weighted by Gasteiger charge is 2.15. The number of hydrogen-bond donors (Lipinski definition) is 1. The number of rotatable bonds is 6. The van der Waals surface area contributed by atoms with E-state index in [1.54, 1.807) is 11.8 Å². The summed E-state index contributed by atoms with van der Waals surface area (Å²) < 4.78 is 5.12. The van der Waals surface area contributed by atoms with Gasteiger partial charge in [0.05, 0.1) is 11.8 Å². The summed E-state index contributed by atoms with van der Waals surface area (Å²) in [6.07, 6.45) is 0.878. The Morgan fingerprint density at radius 1 is 1.47 bits per heavy atom. The van der Waals surface area contributed by atoms with Crippen molar-refractivity contribution >= 4 is 11.8 Å². The zero-order valence-electron chi connectivity index (χ0n) is 9.56. The first-order chi connectivity index (χ1) is 7.13. The van der Waals surface area contributed by atoms with Crippen molar-refractivity contribution in [2.45, 2.75) is 39.0 Å². The van der Waals surface area contributed by atoms with Crippen LogP contribution in [0.3, 0.4) is 0 Å². The first kappa shape index (κ1) is 12.5. The van der Waals surface area contributed by atoms with E-state index in [0.717, 1.165) is 23.8 Å². The second-order valence-electron chi connectivity index (χ2n) is 3.92. The number of nitrogens with two attached hydrogens (primary N) is 1. The molecule has 0 aliphatic carbocycles. The molecule has 0 saturated heterocycles. The van der Waals surface area contributed by atoms with Crippen LogP contribution in [0.15, 0.2) is 4.52 Å². The first-order valence-electron chi connectivity index (χ1n) is 5.29. The summed E-state index contributed by atoms with van der Waals surface area (Å²) in [4.78, 5) is 4.28. The fourth-order valence-electron chi connectivity index (χ4n) is 1.28. The van der Waals surface area contributed by atoms with Gasteiger partial charge in [0, 0.05) is 0 Å². The van der Waals surface area contributed by atoms with Crippen LogP contribution in [0.5, 0.6) is 0 Å². The van der Waals surface area contributed by atoms with Gasteiger partial charge in [-0.3, -0.25) is 0 Å². The lowest BCUT2D eigenvalue weighted by Gasteiger charge is -2.08. The Morgan fingerprint density at radius 3 is 2.80 bits per heavy atom. The van der Waals surface area contributed by atoms with Crippen molar-refractivity contribution in [3.05, 3.63) is 11.7 Å². The Morgan fingerprint density at radius 2 is 2.20 bits per heavy atom. The summed E-state index contributed by atoms with van der Waals surface area (Å²) in [5.74, 6) is 3.71. The van der Waals surface area contributed by atoms with Gasteiger partial charge < -0.3 is 10.3 Å². The molecule has 1 rings (SSSR count). The summed E-state index contributed by atoms with van der Waals surface area (Å²) >= 11 is 1.77. The summed E-state index contributed by atoms with van der Waals surface area (Å²) in [7, 11) is 0. The minimum Gasteiger partial charge on any atom is -0.338 e. The highest BCUT2D eigenvalue weighted by atomic mass is 32.2. The molecule has 86 valence electrons. The number of aromatic nitrogens is 2. The minimum absolute atomic E-state index is 0.127. The second kappa shape index (κ2) is 6.12. The zero-order valence-corrected chi connectivity index (χ0v) is 10.4. The molecule has 0 saturated carbocycles. The maximum absolute atomic E-state index is 5.93. The average Bonchev–Trinajstić information content (AvgIpc) is 2.62. The van der Waals surface area contributed by atoms with Crippen molar-refractivity contribution in [2.24, 2.45) is 11.7 Å². The van der Waals surface area contributed by atoms with Crippen molar-refractivity contribution in [1.82, 2.24) is 10.1 Å². The molecule has 0 aliphatic heterocycles. The number of hydrogen-bond acceptors (Lipinski definition) is 5. The van der Waals surface area contributed by atoms with Crippen LogP contribution in [0.4, 0.5) is 0 Å². The number of thioether (sulfide) groups is 1. The van der Waals surface area contributed by atoms with Crippen molar-refractivity contribution in [2.75, 3.05) is 5.75 Å². The molecule has 0 radical (unpaired) electrons. The molecule has 4 nitrogen and oxygen atoms in total. The molecule has 0 aromatic carbocycles. The lowest BCUT2D eigenvalue weighted by Crippen LogP contribution is -2.13. The second-order valence-corrected chi connectivity index (χ2v) is 5.20. The molecule has 0 bridgehead atoms. The molecule has 1 heterocycles. The van der Waals surface area contributed by atoms with Gasteiger partial charge in [-0.05, 0) is 18.1 Å². The molecular weight excluding hydrogens is 210 g/mol. The Balaban J connectivity index is 2.51. The van der Waals surface area contributed by atoms with Crippen molar-refractivity contribution in [3.8, 4) is 0 Å². The predicted octanol–water partition coefficient (Wildman–Crippen LogP) is 2.37. The highest BCUT2D eigenvalue weighted by Crippen LogP contribution is 2.18. The topological polar surface area (TPSA) is 64.9 Å². The predicted molar refractivity (Wildman–Crippen MR) is 62.5 cm³/mol. The Kier molecular flexibility index (Phi) is 5.11. The average molecular weight is 229 g/mol. The largest absolute Gasteiger partial charge is 0.338 e. The van der Waals surface area contributed by atoms with Crippen molar-refractivity contribution < 1.29 is 4.52 Å². The fraction of sp³-hybridized carbons (Fsp3) is 0.800. The van der Waals surface area contributed by atoms with E-state index in [4.69, 9.17) is 10.3 Å². The van der Waals surface area contributed by atoms with Crippen LogP contribution < -0.4 is 5.73 Å². The third kappa shape index (κ3) is 4.22. The van der Waals surface area contributed by atoms with E-state index >= 15 is 0 Å². The summed E-state index contributed by atoms with van der Waals surface area (Å²) in [6, 6.07) is -0.127. The number of nitrogens with zero attached hydrogens (tertiary/aromatic N) is 2. The van der Waals surface area contributed by atoms with E-state index in [-0.39, 0.29) is 6.04 Å². The van der Waals surface area contributed by atoms with E-state index in [1.807, 2.05) is 0 Å². The van der Waals surface area contributed by atoms with Gasteiger partial charge in [-0.25, -0.2) is 0 Å². The van der Waals surface area contributed by atoms with Crippen LogP contribution in [-0.2, 0) is 5.75 Å². The molecule has 0 fully saturated rings. The summed E-state index contributed by atoms with van der Waals surface area (Å²) in [6.45, 7) is 6.37. The third-order valence-electron chi connectivity index (χ3n) is 1.96. The fourth-order valence-corrected chi connectivity index (χ4v) is 1.78. The molecule has 1 aromatic rings. The monoisotopic (exact) mass is 229 g/mol. The van der Waals surface area contributed by atoms with Crippen molar-refractivity contribution in [1.29, 1.82) is 0 Å². The minimum atomic E-state index is -0.127. The molecule has 0 unspecified atom stereocenters. The first-order valence-corrected chi connectivity index (χ1v) is 6.44. The maximum Gasteiger partial charge on any atom is 0.243 e. The van der Waals surface area contributed by atoms with Crippen LogP contribution >= 0.6 is 11.8 Å². The lowest BCUT2D eigenvalue weighted by atomic mass is 10.0. The molecule has 1 atom stereocenters. The maximum atomic E-state index is 5.93. The van der Waals surface area contributed by atoms with Gasteiger partial charge in [-0.15, -0.1) is 0 Å². The van der Waals surface area contributed by atoms with Gasteiger partial charge in [0.2, 0.25) is 5.89 Å². The van der Waals surface area contributed by atoms with Gasteiger partial charge in [-0.1, -0.05) is 25.9 Å². The van der Waals surface area contributed by atoms with Gasteiger partial charge in [-0.2, -0.15) is 16.7 Å². The van der Waals surface area contributed by atoms with E-state index in [0.29, 0.717) is 11.8 Å². The van der Waals surface area contributed by atoms with Gasteiger partial charge in [0.25, 0.3) is 0 Å². The molecule has 15 heavy (non-hydrogen) atoms. The third-order valence-corrected chi connectivity index (χ3v) is 2.83. The molecule has 0 amide bonds. The Labute approximate surface area is 95.0 Å². The lowest BCUT2D eigenvalue weighted by molar-refractivity contribution is 0.333. The normalized spacial score (nSPS) is 13.4. The quantitative estimate of drug-likeness (QED) is 0.811. The van der Waals surface area contributed by atoms with Gasteiger partial charge in [0.15, 0.2) is 5.82 Å². The molecule has 0 aliphatic rings. The van der Waals surface area contributed by atoms with Crippen LogP contribution in [0, 0.1) is 5.92 Å². The van der Waals surface area contributed by atoms with Gasteiger partial charge >= 0.3 is 0 Å². The molecule has 2 N–H and O–H groups in total. The SMILES string of the molecule is CCSCc1noc([C@@H](N)CC(C)C)n1. The molecular formula is C10H19N3OS. The van der Waals surface area contributed by atoms with Crippen LogP contribution in [0.2, 0.25) is 0 Å². The van der Waals surface area contributed by atoms with E-state index in [9.17, 15) is 0 Å². The summed E-state index contributed by atoms with van der Waals surface area (Å²) in [5.41, 5.74) is 5.93. The van der Waals surface area contributed by atoms with Crippen molar-refractivity contribution in [3.63, 3.8) is 0 Å². The molecule has 0 spiro atoms. The standard InChI is InChI=1S/C10H19N3OS/c1-4-15-6-9-12-10(14-13-9)8(11)5-7(2)3/h7-8H,4-6,11H2,1-3H3/t8-/m0/s1.